The molecule has 14 heavy (non-hydrogen) atoms. The second-order valence-corrected chi connectivity index (χ2v) is 2.45. The monoisotopic (exact) mass is 193 g/mol. The molecule has 2 N–H and O–H groups in total. The van der Waals surface area contributed by atoms with Gasteiger partial charge < -0.3 is 4.52 Å². The minimum atomic E-state index is 0.0840. The van der Waals surface area contributed by atoms with Crippen LogP contribution in [0.4, 0.5) is 0 Å². The van der Waals surface area contributed by atoms with Gasteiger partial charge in [-0.15, -0.1) is 0 Å². The van der Waals surface area contributed by atoms with E-state index in [1.807, 2.05) is 0 Å². The predicted molar refractivity (Wildman–Crippen MR) is 44.3 cm³/mol. The topological polar surface area (TPSA) is 100.0 Å². The van der Waals surface area contributed by atoms with E-state index in [9.17, 15) is 0 Å². The minimum absolute atomic E-state index is 0.0840. The van der Waals surface area contributed by atoms with E-state index in [-0.39, 0.29) is 6.61 Å². The predicted octanol–water partition coefficient (Wildman–Crippen LogP) is -0.0831. The fourth-order valence-corrected chi connectivity index (χ4v) is 0.917. The lowest BCUT2D eigenvalue weighted by Gasteiger charge is -1.89. The molecule has 0 radical (unpaired) electrons. The molecule has 72 valence electrons. The molecule has 0 unspecified atom stereocenters. The van der Waals surface area contributed by atoms with Gasteiger partial charge in [0, 0.05) is 12.4 Å². The van der Waals surface area contributed by atoms with Crippen LogP contribution in [-0.2, 0) is 11.4 Å². The Labute approximate surface area is 78.9 Å². The van der Waals surface area contributed by atoms with Crippen molar-refractivity contribution in [2.75, 3.05) is 0 Å². The summed E-state index contributed by atoms with van der Waals surface area (Å²) in [6, 6.07) is 0. The first kappa shape index (κ1) is 8.73. The highest BCUT2D eigenvalue weighted by Crippen LogP contribution is 2.12. The van der Waals surface area contributed by atoms with Gasteiger partial charge in [0.1, 0.15) is 12.9 Å². The van der Waals surface area contributed by atoms with Gasteiger partial charge in [-0.1, -0.05) is 5.16 Å². The number of hydrogen-bond donors (Lipinski definition) is 1. The summed E-state index contributed by atoms with van der Waals surface area (Å²) < 4.78 is 4.84. The van der Waals surface area contributed by atoms with E-state index in [0.29, 0.717) is 17.3 Å². The molecular weight excluding hydrogens is 186 g/mol. The van der Waals surface area contributed by atoms with Crippen LogP contribution in [0, 0.1) is 0 Å². The fourth-order valence-electron chi connectivity index (χ4n) is 0.917. The van der Waals surface area contributed by atoms with Gasteiger partial charge in [0.05, 0.1) is 5.56 Å². The first-order valence-electron chi connectivity index (χ1n) is 3.80. The van der Waals surface area contributed by atoms with Gasteiger partial charge in [-0.3, -0.25) is 4.84 Å². The average molecular weight is 193 g/mol. The summed E-state index contributed by atoms with van der Waals surface area (Å²) >= 11 is 0. The van der Waals surface area contributed by atoms with Gasteiger partial charge in [0.15, 0.2) is 0 Å². The van der Waals surface area contributed by atoms with E-state index < -0.39 is 0 Å². The molecule has 2 aromatic heterocycles. The van der Waals surface area contributed by atoms with Crippen molar-refractivity contribution in [2.24, 2.45) is 5.90 Å². The fraction of sp³-hybridized carbons (Fsp3) is 0.143. The Morgan fingerprint density at radius 3 is 2.86 bits per heavy atom. The van der Waals surface area contributed by atoms with Crippen LogP contribution in [-0.4, -0.2) is 20.1 Å². The lowest BCUT2D eigenvalue weighted by atomic mass is 10.3. The van der Waals surface area contributed by atoms with Crippen LogP contribution in [0.25, 0.3) is 11.4 Å². The maximum atomic E-state index is 4.86. The summed E-state index contributed by atoms with van der Waals surface area (Å²) in [5.41, 5.74) is 0.680. The Morgan fingerprint density at radius 2 is 2.14 bits per heavy atom. The second-order valence-electron chi connectivity index (χ2n) is 2.45. The number of nitrogens with zero attached hydrogens (tertiary/aromatic N) is 4. The SMILES string of the molecule is NOCc1nc(-c2cncnc2)no1. The molecule has 0 aliphatic rings. The Hall–Kier alpha value is -1.86. The highest BCUT2D eigenvalue weighted by molar-refractivity contribution is 5.50. The summed E-state index contributed by atoms with van der Waals surface area (Å²) in [4.78, 5) is 16.0. The van der Waals surface area contributed by atoms with Crippen LogP contribution >= 0.6 is 0 Å². The van der Waals surface area contributed by atoms with E-state index in [0.717, 1.165) is 0 Å². The van der Waals surface area contributed by atoms with Gasteiger partial charge in [0.25, 0.3) is 5.89 Å². The summed E-state index contributed by atoms with van der Waals surface area (Å²) in [6.45, 7) is 0.0840. The summed E-state index contributed by atoms with van der Waals surface area (Å²) in [7, 11) is 0. The van der Waals surface area contributed by atoms with Crippen molar-refractivity contribution in [3.8, 4) is 11.4 Å². The Morgan fingerprint density at radius 1 is 1.36 bits per heavy atom. The molecule has 2 aromatic rings. The maximum Gasteiger partial charge on any atom is 0.255 e. The average Bonchev–Trinajstić information content (AvgIpc) is 2.68. The summed E-state index contributed by atoms with van der Waals surface area (Å²) in [6.07, 6.45) is 4.60. The number of rotatable bonds is 3. The van der Waals surface area contributed by atoms with Gasteiger partial charge in [-0.25, -0.2) is 15.9 Å². The smallest absolute Gasteiger partial charge is 0.255 e. The van der Waals surface area contributed by atoms with Crippen LogP contribution in [0.15, 0.2) is 23.2 Å². The Balaban J connectivity index is 2.25. The Kier molecular flexibility index (Phi) is 2.43. The van der Waals surface area contributed by atoms with Crippen LogP contribution in [0.1, 0.15) is 5.89 Å². The molecule has 0 aliphatic heterocycles. The van der Waals surface area contributed by atoms with Gasteiger partial charge in [-0.2, -0.15) is 4.98 Å². The van der Waals surface area contributed by atoms with Crippen molar-refractivity contribution in [2.45, 2.75) is 6.61 Å². The largest absolute Gasteiger partial charge is 0.336 e. The summed E-state index contributed by atoms with van der Waals surface area (Å²) in [5, 5.41) is 3.70. The van der Waals surface area contributed by atoms with Crippen molar-refractivity contribution in [3.05, 3.63) is 24.6 Å². The van der Waals surface area contributed by atoms with Crippen LogP contribution in [0.3, 0.4) is 0 Å². The zero-order valence-corrected chi connectivity index (χ0v) is 7.12. The Bertz CT molecular complexity index is 401. The lowest BCUT2D eigenvalue weighted by Crippen LogP contribution is -1.98. The molecule has 2 heterocycles. The molecule has 7 nitrogen and oxygen atoms in total. The number of nitrogens with two attached hydrogens (primary N) is 1. The van der Waals surface area contributed by atoms with Crippen LogP contribution in [0.2, 0.25) is 0 Å². The zero-order valence-electron chi connectivity index (χ0n) is 7.12. The third-order valence-electron chi connectivity index (χ3n) is 1.49. The van der Waals surface area contributed by atoms with Crippen molar-refractivity contribution in [1.29, 1.82) is 0 Å². The highest BCUT2D eigenvalue weighted by Gasteiger charge is 2.08. The molecule has 0 aliphatic carbocycles. The van der Waals surface area contributed by atoms with Gasteiger partial charge >= 0.3 is 0 Å². The van der Waals surface area contributed by atoms with E-state index in [4.69, 9.17) is 10.4 Å². The number of aromatic nitrogens is 4. The summed E-state index contributed by atoms with van der Waals surface area (Å²) in [5.74, 6) is 5.58. The molecular formula is C7H7N5O2. The minimum Gasteiger partial charge on any atom is -0.336 e. The highest BCUT2D eigenvalue weighted by atomic mass is 16.6. The molecule has 0 atom stereocenters. The molecule has 0 bridgehead atoms. The molecule has 2 rings (SSSR count). The molecule has 0 spiro atoms. The quantitative estimate of drug-likeness (QED) is 0.680. The molecule has 0 aromatic carbocycles. The molecule has 7 heteroatoms. The van der Waals surface area contributed by atoms with Gasteiger partial charge in [0.2, 0.25) is 5.82 Å². The van der Waals surface area contributed by atoms with Gasteiger partial charge in [-0.05, 0) is 0 Å². The molecule has 0 amide bonds. The standard InChI is InChI=1S/C7H7N5O2/c8-13-3-6-11-7(12-14-6)5-1-9-4-10-2-5/h1-2,4H,3,8H2. The first-order valence-corrected chi connectivity index (χ1v) is 3.80. The van der Waals surface area contributed by atoms with E-state index >= 15 is 0 Å². The van der Waals surface area contributed by atoms with Crippen molar-refractivity contribution in [1.82, 2.24) is 20.1 Å². The van der Waals surface area contributed by atoms with Crippen molar-refractivity contribution in [3.63, 3.8) is 0 Å². The zero-order chi connectivity index (χ0) is 9.80. The molecule has 0 saturated heterocycles. The maximum absolute atomic E-state index is 4.86. The van der Waals surface area contributed by atoms with E-state index in [1.54, 1.807) is 12.4 Å². The van der Waals surface area contributed by atoms with Crippen molar-refractivity contribution >= 4 is 0 Å². The first-order chi connectivity index (χ1) is 6.90. The van der Waals surface area contributed by atoms with Crippen LogP contribution < -0.4 is 5.90 Å². The molecule has 0 fully saturated rings. The normalized spacial score (nSPS) is 10.4. The third-order valence-corrected chi connectivity index (χ3v) is 1.49. The van der Waals surface area contributed by atoms with Crippen LogP contribution in [0.5, 0.6) is 0 Å². The lowest BCUT2D eigenvalue weighted by molar-refractivity contribution is 0.0996. The van der Waals surface area contributed by atoms with E-state index in [1.165, 1.54) is 6.33 Å². The number of hydrogen-bond acceptors (Lipinski definition) is 7. The molecule has 0 saturated carbocycles. The third kappa shape index (κ3) is 1.73. The van der Waals surface area contributed by atoms with E-state index in [2.05, 4.69) is 24.9 Å². The van der Waals surface area contributed by atoms with Crippen molar-refractivity contribution < 1.29 is 9.36 Å². The second kappa shape index (κ2) is 3.90.